The van der Waals surface area contributed by atoms with E-state index in [-0.39, 0.29) is 0 Å². The van der Waals surface area contributed by atoms with Crippen molar-refractivity contribution in [1.29, 1.82) is 0 Å². The summed E-state index contributed by atoms with van der Waals surface area (Å²) in [4.78, 5) is 0. The van der Waals surface area contributed by atoms with Gasteiger partial charge in [0.15, 0.2) is 5.71 Å². The van der Waals surface area contributed by atoms with Gasteiger partial charge in [0.25, 0.3) is 0 Å². The number of nitrogens with one attached hydrogen (secondary N) is 2. The first-order chi connectivity index (χ1) is 15.1. The monoisotopic (exact) mass is 413 g/mol. The molecule has 0 aliphatic heterocycles. The first-order valence-corrected chi connectivity index (χ1v) is 11.3. The lowest BCUT2D eigenvalue weighted by Gasteiger charge is -2.28. The highest BCUT2D eigenvalue weighted by molar-refractivity contribution is 6.06. The summed E-state index contributed by atoms with van der Waals surface area (Å²) in [5, 5.41) is 6.82. The van der Waals surface area contributed by atoms with Gasteiger partial charge in [0.05, 0.1) is 0 Å². The Hall–Kier alpha value is -3.27. The molecule has 4 N–H and O–H groups in total. The topological polar surface area (TPSA) is 53.1 Å². The third-order valence-corrected chi connectivity index (χ3v) is 6.21. The molecule has 0 spiro atoms. The molecule has 0 aromatic heterocycles. The van der Waals surface area contributed by atoms with E-state index in [1.54, 1.807) is 0 Å². The molecule has 2 aromatic carbocycles. The van der Waals surface area contributed by atoms with Gasteiger partial charge in [-0.2, -0.15) is 0 Å². The summed E-state index contributed by atoms with van der Waals surface area (Å²) in [5.41, 5.74) is 18.2. The molecule has 0 heterocycles. The molecule has 2 aliphatic rings. The molecule has 4 rings (SSSR count). The largest absolute Gasteiger partial charge is 0.399 e. The van der Waals surface area contributed by atoms with E-state index in [0.29, 0.717) is 0 Å². The van der Waals surface area contributed by atoms with E-state index in [4.69, 9.17) is 5.73 Å². The van der Waals surface area contributed by atoms with Crippen molar-refractivity contribution < 1.29 is 4.58 Å². The van der Waals surface area contributed by atoms with E-state index >= 15 is 0 Å². The van der Waals surface area contributed by atoms with Crippen LogP contribution in [0.15, 0.2) is 65.8 Å². The molecule has 0 saturated carbocycles. The summed E-state index contributed by atoms with van der Waals surface area (Å²) in [6.07, 6.45) is 7.88. The first kappa shape index (κ1) is 21.0. The standard InChI is InChI=1S/C27H32N4/c1-5-30-21-9-12-23-18(15-21)14-19-16-22(31(6-2)7-3)10-13-24(19)27(23)25-11-8-20(28)17-26(25)29-4/h8-13,15-17H,5-7,14H2,1-4H3,(H3,28,29,30)/p+1. The molecule has 31 heavy (non-hydrogen) atoms. The number of nitrogens with two attached hydrogens (primary N) is 1. The van der Waals surface area contributed by atoms with Crippen molar-refractivity contribution >= 4 is 28.3 Å². The van der Waals surface area contributed by atoms with Gasteiger partial charge in [0, 0.05) is 48.4 Å². The molecule has 0 bridgehead atoms. The van der Waals surface area contributed by atoms with Crippen LogP contribution in [0, 0.1) is 0 Å². The van der Waals surface area contributed by atoms with Crippen LogP contribution < -0.4 is 16.4 Å². The van der Waals surface area contributed by atoms with Crippen molar-refractivity contribution in [2.24, 2.45) is 0 Å². The fourth-order valence-corrected chi connectivity index (χ4v) is 4.68. The molecule has 0 unspecified atom stereocenters. The van der Waals surface area contributed by atoms with E-state index in [1.807, 2.05) is 19.2 Å². The number of nitrogens with zero attached hydrogens (tertiary/aromatic N) is 1. The molecule has 0 amide bonds. The van der Waals surface area contributed by atoms with Crippen molar-refractivity contribution in [3.8, 4) is 0 Å². The number of fused-ring (bicyclic) bond motifs is 2. The number of benzene rings is 2. The van der Waals surface area contributed by atoms with Crippen LogP contribution in [0.25, 0.3) is 5.57 Å². The zero-order valence-corrected chi connectivity index (χ0v) is 19.0. The van der Waals surface area contributed by atoms with Crippen LogP contribution >= 0.6 is 0 Å². The molecule has 2 aromatic rings. The number of nitrogen functional groups attached to an aromatic ring is 1. The minimum Gasteiger partial charge on any atom is -0.399 e. The van der Waals surface area contributed by atoms with Gasteiger partial charge in [-0.3, -0.25) is 0 Å². The van der Waals surface area contributed by atoms with E-state index < -0.39 is 0 Å². The summed E-state index contributed by atoms with van der Waals surface area (Å²) in [6.45, 7) is 9.50. The van der Waals surface area contributed by atoms with E-state index in [2.05, 4.69) is 78.5 Å². The smallest absolute Gasteiger partial charge is 0.200 e. The number of rotatable bonds is 6. The molecular formula is C27H33N4+. The maximum Gasteiger partial charge on any atom is 0.200 e. The quantitative estimate of drug-likeness (QED) is 0.457. The Kier molecular flexibility index (Phi) is 5.99. The molecule has 2 aliphatic carbocycles. The Balaban J connectivity index is 1.97. The molecule has 0 fully saturated rings. The van der Waals surface area contributed by atoms with E-state index in [9.17, 15) is 0 Å². The van der Waals surface area contributed by atoms with Crippen molar-refractivity contribution in [2.75, 3.05) is 43.0 Å². The minimum absolute atomic E-state index is 0.768. The van der Waals surface area contributed by atoms with E-state index in [0.717, 1.165) is 37.4 Å². The van der Waals surface area contributed by atoms with Gasteiger partial charge in [0.1, 0.15) is 13.1 Å². The van der Waals surface area contributed by atoms with Crippen LogP contribution in [-0.2, 0) is 6.42 Å². The lowest BCUT2D eigenvalue weighted by atomic mass is 9.77. The fourth-order valence-electron chi connectivity index (χ4n) is 4.68. The second-order valence-corrected chi connectivity index (χ2v) is 8.02. The number of allylic oxidation sites excluding steroid dienone is 5. The van der Waals surface area contributed by atoms with Crippen molar-refractivity contribution in [3.63, 3.8) is 0 Å². The van der Waals surface area contributed by atoms with Crippen LogP contribution in [0.1, 0.15) is 37.5 Å². The SMILES string of the molecule is CCNc1ccc2c(c1)CC1=CC(=[N+](CC)CC)C=CC1=C2c1ccc(N)cc1NC. The molecule has 0 saturated heterocycles. The summed E-state index contributed by atoms with van der Waals surface area (Å²) >= 11 is 0. The minimum atomic E-state index is 0.768. The van der Waals surface area contributed by atoms with Gasteiger partial charge < -0.3 is 16.4 Å². The Morgan fingerprint density at radius 2 is 1.74 bits per heavy atom. The molecular weight excluding hydrogens is 380 g/mol. The van der Waals surface area contributed by atoms with Gasteiger partial charge in [-0.25, -0.2) is 4.58 Å². The fraction of sp³-hybridized carbons (Fsp3) is 0.296. The average molecular weight is 414 g/mol. The predicted molar refractivity (Wildman–Crippen MR) is 134 cm³/mol. The highest BCUT2D eigenvalue weighted by Crippen LogP contribution is 2.43. The van der Waals surface area contributed by atoms with Crippen LogP contribution in [-0.4, -0.2) is 37.0 Å². The highest BCUT2D eigenvalue weighted by Gasteiger charge is 2.27. The summed E-state index contributed by atoms with van der Waals surface area (Å²) < 4.78 is 2.41. The second kappa shape index (κ2) is 8.84. The lowest BCUT2D eigenvalue weighted by Crippen LogP contribution is -2.21. The molecule has 4 heteroatoms. The highest BCUT2D eigenvalue weighted by atomic mass is 15.0. The Labute approximate surface area is 185 Å². The summed E-state index contributed by atoms with van der Waals surface area (Å²) in [5.74, 6) is 0. The van der Waals surface area contributed by atoms with Gasteiger partial charge in [0.2, 0.25) is 0 Å². The maximum absolute atomic E-state index is 6.10. The molecule has 0 atom stereocenters. The third kappa shape index (κ3) is 3.90. The Morgan fingerprint density at radius 1 is 0.968 bits per heavy atom. The zero-order valence-electron chi connectivity index (χ0n) is 19.0. The Bertz CT molecular complexity index is 1130. The Morgan fingerprint density at radius 3 is 2.45 bits per heavy atom. The predicted octanol–water partition coefficient (Wildman–Crippen LogP) is 5.09. The molecule has 0 radical (unpaired) electrons. The first-order valence-electron chi connectivity index (χ1n) is 11.3. The summed E-state index contributed by atoms with van der Waals surface area (Å²) in [7, 11) is 1.96. The molecule has 160 valence electrons. The number of hydrogen-bond donors (Lipinski definition) is 3. The van der Waals surface area contributed by atoms with Crippen molar-refractivity contribution in [1.82, 2.24) is 0 Å². The maximum atomic E-state index is 6.10. The van der Waals surface area contributed by atoms with Gasteiger partial charge in [-0.15, -0.1) is 0 Å². The molecule has 4 nitrogen and oxygen atoms in total. The van der Waals surface area contributed by atoms with Crippen LogP contribution in [0.4, 0.5) is 17.1 Å². The zero-order chi connectivity index (χ0) is 22.0. The second-order valence-electron chi connectivity index (χ2n) is 8.02. The van der Waals surface area contributed by atoms with Gasteiger partial charge >= 0.3 is 0 Å². The number of anilines is 3. The van der Waals surface area contributed by atoms with Crippen LogP contribution in [0.3, 0.4) is 0 Å². The number of hydrogen-bond acceptors (Lipinski definition) is 3. The third-order valence-electron chi connectivity index (χ3n) is 6.21. The lowest BCUT2D eigenvalue weighted by molar-refractivity contribution is -0.519. The van der Waals surface area contributed by atoms with Crippen LogP contribution in [0.5, 0.6) is 0 Å². The van der Waals surface area contributed by atoms with Crippen molar-refractivity contribution in [2.45, 2.75) is 27.2 Å². The van der Waals surface area contributed by atoms with Crippen molar-refractivity contribution in [3.05, 3.63) is 82.5 Å². The van der Waals surface area contributed by atoms with Gasteiger partial charge in [-0.1, -0.05) is 12.1 Å². The van der Waals surface area contributed by atoms with Gasteiger partial charge in [-0.05, 0) is 85.4 Å². The summed E-state index contributed by atoms with van der Waals surface area (Å²) in [6, 6.07) is 12.9. The van der Waals surface area contributed by atoms with E-state index in [1.165, 1.54) is 44.8 Å². The normalized spacial score (nSPS) is 14.7. The van der Waals surface area contributed by atoms with Crippen LogP contribution in [0.2, 0.25) is 0 Å². The average Bonchev–Trinajstić information content (AvgIpc) is 2.78.